The van der Waals surface area contributed by atoms with E-state index in [2.05, 4.69) is 9.46 Å². The largest absolute Gasteiger partial charge is 0.469 e. The maximum absolute atomic E-state index is 12.2. The van der Waals surface area contributed by atoms with Crippen molar-refractivity contribution < 1.29 is 22.7 Å². The van der Waals surface area contributed by atoms with Crippen molar-refractivity contribution in [1.82, 2.24) is 4.72 Å². The van der Waals surface area contributed by atoms with Crippen molar-refractivity contribution in [3.8, 4) is 0 Å². The summed E-state index contributed by atoms with van der Waals surface area (Å²) in [5.41, 5.74) is 0. The van der Waals surface area contributed by atoms with Crippen LogP contribution in [0.1, 0.15) is 26.2 Å². The van der Waals surface area contributed by atoms with Gasteiger partial charge in [0.05, 0.1) is 18.3 Å². The zero-order chi connectivity index (χ0) is 14.5. The van der Waals surface area contributed by atoms with Gasteiger partial charge in [-0.1, -0.05) is 13.3 Å². The molecule has 0 aromatic rings. The number of hydrogen-bond donors (Lipinski definition) is 1. The SMILES string of the molecule is COCC(C)CNS(=O)(=O)C1CCCC1C(=O)OC. The van der Waals surface area contributed by atoms with Crippen LogP contribution in [-0.2, 0) is 24.3 Å². The van der Waals surface area contributed by atoms with Gasteiger partial charge in [0.25, 0.3) is 0 Å². The number of nitrogens with one attached hydrogen (secondary N) is 1. The second-order valence-corrected chi connectivity index (χ2v) is 7.04. The van der Waals surface area contributed by atoms with Crippen LogP contribution in [-0.4, -0.2) is 47.0 Å². The molecular weight excluding hydrogens is 270 g/mol. The van der Waals surface area contributed by atoms with Crippen LogP contribution in [0.3, 0.4) is 0 Å². The normalized spacial score (nSPS) is 25.2. The lowest BCUT2D eigenvalue weighted by Gasteiger charge is -2.20. The minimum atomic E-state index is -3.48. The average Bonchev–Trinajstić information content (AvgIpc) is 2.86. The summed E-state index contributed by atoms with van der Waals surface area (Å²) >= 11 is 0. The second kappa shape index (κ2) is 7.21. The molecule has 0 radical (unpaired) electrons. The number of sulfonamides is 1. The van der Waals surface area contributed by atoms with Crippen LogP contribution in [0.25, 0.3) is 0 Å². The van der Waals surface area contributed by atoms with Gasteiger partial charge in [0.15, 0.2) is 0 Å². The van der Waals surface area contributed by atoms with Crippen LogP contribution >= 0.6 is 0 Å². The number of methoxy groups -OCH3 is 2. The molecule has 1 aliphatic carbocycles. The quantitative estimate of drug-likeness (QED) is 0.692. The summed E-state index contributed by atoms with van der Waals surface area (Å²) in [4.78, 5) is 11.6. The smallest absolute Gasteiger partial charge is 0.310 e. The van der Waals surface area contributed by atoms with Crippen LogP contribution in [0.5, 0.6) is 0 Å². The summed E-state index contributed by atoms with van der Waals surface area (Å²) in [6.07, 6.45) is 1.82. The molecule has 0 aromatic heterocycles. The summed E-state index contributed by atoms with van der Waals surface area (Å²) in [6, 6.07) is 0. The average molecular weight is 293 g/mol. The minimum Gasteiger partial charge on any atom is -0.469 e. The van der Waals surface area contributed by atoms with E-state index in [0.29, 0.717) is 26.0 Å². The Morgan fingerprint density at radius 2 is 2.05 bits per heavy atom. The zero-order valence-electron chi connectivity index (χ0n) is 11.7. The van der Waals surface area contributed by atoms with E-state index in [1.807, 2.05) is 6.92 Å². The number of carbonyl (C=O) groups is 1. The molecule has 1 fully saturated rings. The first-order valence-electron chi connectivity index (χ1n) is 6.47. The lowest BCUT2D eigenvalue weighted by atomic mass is 10.1. The van der Waals surface area contributed by atoms with Gasteiger partial charge >= 0.3 is 5.97 Å². The molecule has 1 rings (SSSR count). The fraction of sp³-hybridized carbons (Fsp3) is 0.917. The maximum atomic E-state index is 12.2. The molecule has 112 valence electrons. The van der Waals surface area contributed by atoms with Gasteiger partial charge in [0, 0.05) is 20.3 Å². The Bertz CT molecular complexity index is 395. The second-order valence-electron chi connectivity index (χ2n) is 5.05. The highest BCUT2D eigenvalue weighted by Crippen LogP contribution is 2.31. The van der Waals surface area contributed by atoms with Crippen LogP contribution in [0, 0.1) is 11.8 Å². The third kappa shape index (κ3) is 4.43. The van der Waals surface area contributed by atoms with Gasteiger partial charge in [-0.15, -0.1) is 0 Å². The van der Waals surface area contributed by atoms with E-state index >= 15 is 0 Å². The van der Waals surface area contributed by atoms with Crippen molar-refractivity contribution in [3.05, 3.63) is 0 Å². The molecule has 0 aliphatic heterocycles. The Morgan fingerprint density at radius 3 is 2.63 bits per heavy atom. The van der Waals surface area contributed by atoms with Crippen LogP contribution < -0.4 is 4.72 Å². The predicted octanol–water partition coefficient (Wildman–Crippen LogP) is 0.530. The van der Waals surface area contributed by atoms with E-state index in [-0.39, 0.29) is 5.92 Å². The van der Waals surface area contributed by atoms with Gasteiger partial charge in [-0.25, -0.2) is 13.1 Å². The van der Waals surface area contributed by atoms with Crippen molar-refractivity contribution >= 4 is 16.0 Å². The molecule has 1 N–H and O–H groups in total. The number of carbonyl (C=O) groups excluding carboxylic acids is 1. The van der Waals surface area contributed by atoms with Gasteiger partial charge in [0.1, 0.15) is 0 Å². The Labute approximate surface area is 114 Å². The van der Waals surface area contributed by atoms with Gasteiger partial charge < -0.3 is 9.47 Å². The molecule has 0 spiro atoms. The molecule has 3 atom stereocenters. The number of rotatable bonds is 7. The molecule has 0 aromatic carbocycles. The zero-order valence-corrected chi connectivity index (χ0v) is 12.5. The monoisotopic (exact) mass is 293 g/mol. The highest BCUT2D eigenvalue weighted by atomic mass is 32.2. The molecule has 0 saturated heterocycles. The van der Waals surface area contributed by atoms with E-state index in [4.69, 9.17) is 4.74 Å². The lowest BCUT2D eigenvalue weighted by Crippen LogP contribution is -2.41. The number of hydrogen-bond acceptors (Lipinski definition) is 5. The number of esters is 1. The molecule has 6 nitrogen and oxygen atoms in total. The molecule has 19 heavy (non-hydrogen) atoms. The third-order valence-corrected chi connectivity index (χ3v) is 5.37. The van der Waals surface area contributed by atoms with Gasteiger partial charge in [-0.05, 0) is 18.8 Å². The molecule has 3 unspecified atom stereocenters. The molecular formula is C12H23NO5S. The Balaban J connectivity index is 2.63. The summed E-state index contributed by atoms with van der Waals surface area (Å²) < 4.78 is 36.6. The standard InChI is InChI=1S/C12H23NO5S/c1-9(8-17-2)7-13-19(15,16)11-6-4-5-10(11)12(14)18-3/h9-11,13H,4-8H2,1-3H3. The fourth-order valence-electron chi connectivity index (χ4n) is 2.43. The molecule has 1 aliphatic rings. The van der Waals surface area contributed by atoms with E-state index < -0.39 is 27.2 Å². The van der Waals surface area contributed by atoms with Crippen molar-refractivity contribution in [2.75, 3.05) is 27.4 Å². The first kappa shape index (κ1) is 16.4. The summed E-state index contributed by atoms with van der Waals surface area (Å²) in [5, 5.41) is -0.672. The van der Waals surface area contributed by atoms with Crippen molar-refractivity contribution in [1.29, 1.82) is 0 Å². The van der Waals surface area contributed by atoms with Gasteiger partial charge in [-0.3, -0.25) is 4.79 Å². The Hall–Kier alpha value is -0.660. The molecule has 0 heterocycles. The first-order valence-corrected chi connectivity index (χ1v) is 8.02. The predicted molar refractivity (Wildman–Crippen MR) is 71.1 cm³/mol. The van der Waals surface area contributed by atoms with Crippen molar-refractivity contribution in [2.24, 2.45) is 11.8 Å². The molecule has 0 bridgehead atoms. The van der Waals surface area contributed by atoms with Crippen LogP contribution in [0.2, 0.25) is 0 Å². The van der Waals surface area contributed by atoms with Gasteiger partial charge in [-0.2, -0.15) is 0 Å². The van der Waals surface area contributed by atoms with Crippen molar-refractivity contribution in [3.63, 3.8) is 0 Å². The highest BCUT2D eigenvalue weighted by Gasteiger charge is 2.42. The maximum Gasteiger partial charge on any atom is 0.310 e. The lowest BCUT2D eigenvalue weighted by molar-refractivity contribution is -0.145. The molecule has 7 heteroatoms. The first-order chi connectivity index (χ1) is 8.92. The third-order valence-electron chi connectivity index (χ3n) is 3.44. The van der Waals surface area contributed by atoms with Gasteiger partial charge in [0.2, 0.25) is 10.0 Å². The summed E-state index contributed by atoms with van der Waals surface area (Å²) in [6.45, 7) is 2.71. The minimum absolute atomic E-state index is 0.0951. The van der Waals surface area contributed by atoms with E-state index in [9.17, 15) is 13.2 Å². The highest BCUT2D eigenvalue weighted by molar-refractivity contribution is 7.90. The van der Waals surface area contributed by atoms with E-state index in [0.717, 1.165) is 6.42 Å². The van der Waals surface area contributed by atoms with Crippen molar-refractivity contribution in [2.45, 2.75) is 31.4 Å². The topological polar surface area (TPSA) is 81.7 Å². The summed E-state index contributed by atoms with van der Waals surface area (Å²) in [7, 11) is -0.615. The molecule has 0 amide bonds. The van der Waals surface area contributed by atoms with E-state index in [1.165, 1.54) is 7.11 Å². The fourth-order valence-corrected chi connectivity index (χ4v) is 4.31. The molecule has 1 saturated carbocycles. The van der Waals surface area contributed by atoms with Crippen LogP contribution in [0.15, 0.2) is 0 Å². The summed E-state index contributed by atoms with van der Waals surface area (Å²) in [5.74, 6) is -0.879. The number of ether oxygens (including phenoxy) is 2. The van der Waals surface area contributed by atoms with E-state index in [1.54, 1.807) is 7.11 Å². The Morgan fingerprint density at radius 1 is 1.37 bits per heavy atom. The Kier molecular flexibility index (Phi) is 6.22. The van der Waals surface area contributed by atoms with Crippen LogP contribution in [0.4, 0.5) is 0 Å².